The third-order valence-corrected chi connectivity index (χ3v) is 4.66. The maximum atomic E-state index is 13.1. The summed E-state index contributed by atoms with van der Waals surface area (Å²) in [5, 5.41) is 1.13. The highest BCUT2D eigenvalue weighted by atomic mass is 19.1. The van der Waals surface area contributed by atoms with Crippen LogP contribution in [0.5, 0.6) is 0 Å². The third-order valence-electron chi connectivity index (χ3n) is 4.66. The molecule has 0 bridgehead atoms. The van der Waals surface area contributed by atoms with Crippen molar-refractivity contribution in [3.63, 3.8) is 0 Å². The van der Waals surface area contributed by atoms with Crippen molar-refractivity contribution in [2.45, 2.75) is 20.3 Å². The van der Waals surface area contributed by atoms with E-state index in [0.29, 0.717) is 11.6 Å². The molecule has 0 aliphatic carbocycles. The minimum Gasteiger partial charge on any atom is -0.375 e. The summed E-state index contributed by atoms with van der Waals surface area (Å²) in [5.41, 5.74) is 4.81. The van der Waals surface area contributed by atoms with E-state index in [1.54, 1.807) is 6.08 Å². The molecule has 0 radical (unpaired) electrons. The monoisotopic (exact) mass is 381 g/mol. The summed E-state index contributed by atoms with van der Waals surface area (Å²) in [6.07, 6.45) is 2.68. The summed E-state index contributed by atoms with van der Waals surface area (Å²) in [6, 6.07) is 13.1. The van der Waals surface area contributed by atoms with Crippen molar-refractivity contribution in [1.82, 2.24) is 5.43 Å². The van der Waals surface area contributed by atoms with Gasteiger partial charge >= 0.3 is 0 Å². The molecule has 0 unspecified atom stereocenters. The number of halogens is 1. The van der Waals surface area contributed by atoms with Crippen LogP contribution < -0.4 is 15.3 Å². The normalized spacial score (nSPS) is 15.5. The zero-order valence-corrected chi connectivity index (χ0v) is 16.3. The first-order valence-electron chi connectivity index (χ1n) is 9.29. The lowest BCUT2D eigenvalue weighted by atomic mass is 10.1. The Balaban J connectivity index is 1.74. The van der Waals surface area contributed by atoms with E-state index in [4.69, 9.17) is 0 Å². The summed E-state index contributed by atoms with van der Waals surface area (Å²) in [6.45, 7) is 5.36. The number of amides is 2. The second kappa shape index (κ2) is 8.25. The SMILES string of the molecule is CC(C)CCN(C)c1ccc(/C=C2/C(=O)NN(c3ccc(F)cc3)C2=O)cc1. The Labute approximate surface area is 164 Å². The summed E-state index contributed by atoms with van der Waals surface area (Å²) >= 11 is 0. The molecule has 0 atom stereocenters. The fourth-order valence-electron chi connectivity index (χ4n) is 2.90. The zero-order valence-electron chi connectivity index (χ0n) is 16.3. The third kappa shape index (κ3) is 4.39. The molecule has 0 spiro atoms. The number of rotatable bonds is 6. The first kappa shape index (κ1) is 19.6. The van der Waals surface area contributed by atoms with E-state index in [2.05, 4.69) is 24.2 Å². The fourth-order valence-corrected chi connectivity index (χ4v) is 2.90. The van der Waals surface area contributed by atoms with Gasteiger partial charge in [0, 0.05) is 19.3 Å². The van der Waals surface area contributed by atoms with Gasteiger partial charge in [-0.3, -0.25) is 15.0 Å². The fraction of sp³-hybridized carbons (Fsp3) is 0.273. The molecule has 0 aromatic heterocycles. The van der Waals surface area contributed by atoms with Gasteiger partial charge in [0.05, 0.1) is 5.69 Å². The topological polar surface area (TPSA) is 52.7 Å². The standard InChI is InChI=1S/C22H24FN3O2/c1-15(2)12-13-25(3)18-8-4-16(5-9-18)14-20-21(27)24-26(22(20)28)19-10-6-17(23)7-11-19/h4-11,14-15H,12-13H2,1-3H3,(H,24,27)/b20-14-. The second-order valence-corrected chi connectivity index (χ2v) is 7.31. The van der Waals surface area contributed by atoms with Crippen molar-refractivity contribution >= 4 is 29.3 Å². The second-order valence-electron chi connectivity index (χ2n) is 7.31. The number of nitrogens with zero attached hydrogens (tertiary/aromatic N) is 2. The molecule has 5 nitrogen and oxygen atoms in total. The zero-order chi connectivity index (χ0) is 20.3. The van der Waals surface area contributed by atoms with Gasteiger partial charge in [-0.05, 0) is 60.4 Å². The number of hydrazine groups is 1. The molecule has 2 amide bonds. The van der Waals surface area contributed by atoms with Crippen molar-refractivity contribution in [3.8, 4) is 0 Å². The summed E-state index contributed by atoms with van der Waals surface area (Å²) in [4.78, 5) is 27.0. The molecule has 1 saturated heterocycles. The van der Waals surface area contributed by atoms with Gasteiger partial charge in [0.15, 0.2) is 0 Å². The summed E-state index contributed by atoms with van der Waals surface area (Å²) < 4.78 is 13.1. The molecule has 2 aromatic rings. The first-order chi connectivity index (χ1) is 13.3. The van der Waals surface area contributed by atoms with Crippen molar-refractivity contribution in [3.05, 3.63) is 65.5 Å². The molecular formula is C22H24FN3O2. The maximum absolute atomic E-state index is 13.1. The number of anilines is 2. The highest BCUT2D eigenvalue weighted by Gasteiger charge is 2.34. The Morgan fingerprint density at radius 3 is 2.32 bits per heavy atom. The van der Waals surface area contributed by atoms with Gasteiger partial charge in [0.25, 0.3) is 11.8 Å². The summed E-state index contributed by atoms with van der Waals surface area (Å²) in [5.74, 6) is -0.708. The van der Waals surface area contributed by atoms with Crippen LogP contribution in [0.4, 0.5) is 15.8 Å². The average molecular weight is 381 g/mol. The van der Waals surface area contributed by atoms with E-state index in [1.165, 1.54) is 24.3 Å². The maximum Gasteiger partial charge on any atom is 0.282 e. The Hall–Kier alpha value is -3.15. The smallest absolute Gasteiger partial charge is 0.282 e. The molecule has 1 aliphatic rings. The predicted molar refractivity (Wildman–Crippen MR) is 109 cm³/mol. The van der Waals surface area contributed by atoms with Crippen LogP contribution in [0.25, 0.3) is 6.08 Å². The van der Waals surface area contributed by atoms with E-state index >= 15 is 0 Å². The molecule has 1 heterocycles. The molecule has 1 N–H and O–H groups in total. The van der Waals surface area contributed by atoms with Crippen LogP contribution in [0.3, 0.4) is 0 Å². The van der Waals surface area contributed by atoms with Crippen molar-refractivity contribution in [1.29, 1.82) is 0 Å². The van der Waals surface area contributed by atoms with Gasteiger partial charge in [-0.15, -0.1) is 0 Å². The van der Waals surface area contributed by atoms with Crippen molar-refractivity contribution in [2.75, 3.05) is 23.5 Å². The Kier molecular flexibility index (Phi) is 5.78. The number of nitrogens with one attached hydrogen (secondary N) is 1. The first-order valence-corrected chi connectivity index (χ1v) is 9.29. The molecular weight excluding hydrogens is 357 g/mol. The lowest BCUT2D eigenvalue weighted by Gasteiger charge is -2.20. The molecule has 146 valence electrons. The Morgan fingerprint density at radius 1 is 1.07 bits per heavy atom. The Bertz CT molecular complexity index is 889. The van der Waals surface area contributed by atoms with Crippen LogP contribution in [-0.4, -0.2) is 25.4 Å². The number of benzene rings is 2. The Morgan fingerprint density at radius 2 is 1.71 bits per heavy atom. The minimum absolute atomic E-state index is 0.0465. The van der Waals surface area contributed by atoms with Gasteiger partial charge in [0.2, 0.25) is 0 Å². The summed E-state index contributed by atoms with van der Waals surface area (Å²) in [7, 11) is 2.05. The minimum atomic E-state index is -0.479. The lowest BCUT2D eigenvalue weighted by molar-refractivity contribution is -0.117. The van der Waals surface area contributed by atoms with Crippen LogP contribution in [0.15, 0.2) is 54.1 Å². The van der Waals surface area contributed by atoms with Gasteiger partial charge in [-0.1, -0.05) is 26.0 Å². The van der Waals surface area contributed by atoms with Crippen LogP contribution in [0.2, 0.25) is 0 Å². The number of hydrogen-bond acceptors (Lipinski definition) is 3. The van der Waals surface area contributed by atoms with Crippen molar-refractivity contribution in [2.24, 2.45) is 5.92 Å². The predicted octanol–water partition coefficient (Wildman–Crippen LogP) is 3.77. The largest absolute Gasteiger partial charge is 0.375 e. The van der Waals surface area contributed by atoms with Gasteiger partial charge in [0.1, 0.15) is 11.4 Å². The van der Waals surface area contributed by atoms with Crippen molar-refractivity contribution < 1.29 is 14.0 Å². The van der Waals surface area contributed by atoms with E-state index < -0.39 is 17.6 Å². The molecule has 6 heteroatoms. The highest BCUT2D eigenvalue weighted by molar-refractivity contribution is 6.31. The van der Waals surface area contributed by atoms with E-state index in [-0.39, 0.29) is 5.57 Å². The average Bonchev–Trinajstić information content (AvgIpc) is 2.95. The molecule has 2 aromatic carbocycles. The molecule has 1 aliphatic heterocycles. The van der Waals surface area contributed by atoms with E-state index in [1.807, 2.05) is 31.3 Å². The number of hydrogen-bond donors (Lipinski definition) is 1. The van der Waals surface area contributed by atoms with Gasteiger partial charge in [-0.25, -0.2) is 9.40 Å². The highest BCUT2D eigenvalue weighted by Crippen LogP contribution is 2.23. The van der Waals surface area contributed by atoms with E-state index in [0.717, 1.165) is 29.2 Å². The number of carbonyl (C=O) groups excluding carboxylic acids is 2. The van der Waals surface area contributed by atoms with Crippen LogP contribution in [0, 0.1) is 11.7 Å². The van der Waals surface area contributed by atoms with Gasteiger partial charge in [-0.2, -0.15) is 0 Å². The van der Waals surface area contributed by atoms with Crippen LogP contribution >= 0.6 is 0 Å². The molecule has 28 heavy (non-hydrogen) atoms. The quantitative estimate of drug-likeness (QED) is 0.612. The van der Waals surface area contributed by atoms with Crippen LogP contribution in [-0.2, 0) is 9.59 Å². The van der Waals surface area contributed by atoms with Crippen LogP contribution in [0.1, 0.15) is 25.8 Å². The van der Waals surface area contributed by atoms with Gasteiger partial charge < -0.3 is 4.90 Å². The molecule has 0 saturated carbocycles. The molecule has 3 rings (SSSR count). The number of carbonyl (C=O) groups is 2. The van der Waals surface area contributed by atoms with E-state index in [9.17, 15) is 14.0 Å². The lowest BCUT2D eigenvalue weighted by Crippen LogP contribution is -2.35. The molecule has 1 fully saturated rings.